The number of nitrogen functional groups attached to an aromatic ring is 1. The van der Waals surface area contributed by atoms with Gasteiger partial charge in [0.05, 0.1) is 18.0 Å². The molecule has 118 valence electrons. The zero-order valence-corrected chi connectivity index (χ0v) is 12.2. The maximum atomic E-state index is 11.7. The molecule has 4 atom stereocenters. The molecule has 0 aromatic carbocycles. The zero-order valence-electron chi connectivity index (χ0n) is 10.5. The van der Waals surface area contributed by atoms with Crippen LogP contribution in [-0.2, 0) is 9.09 Å². The number of phosphoric acid groups is 1. The highest BCUT2D eigenvalue weighted by Gasteiger charge is 2.44. The number of nitrogens with zero attached hydrogens (tertiary/aromatic N) is 2. The molecular formula is C9H14N3O7PS. The Bertz CT molecular complexity index is 620. The molecule has 0 unspecified atom stereocenters. The molecule has 1 fully saturated rings. The van der Waals surface area contributed by atoms with Crippen molar-refractivity contribution in [1.82, 2.24) is 9.55 Å². The number of anilines is 1. The Labute approximate surface area is 122 Å². The summed E-state index contributed by atoms with van der Waals surface area (Å²) in [4.78, 5) is 32.5. The standard InChI is InChI=1S/C9H14N3O7PS/c10-5-1-2-12(9(15)11-5)8-7(14)6(13)4(21-8)3-19-20(16,17)18/h1-2,4,6-8,13-14H,3H2,(H2,10,11,15)(H2,16,17,18)/t4-,6-,7-,8-/m1/s1. The van der Waals surface area contributed by atoms with Gasteiger partial charge in [-0.3, -0.25) is 9.09 Å². The second-order valence-electron chi connectivity index (χ2n) is 4.37. The summed E-state index contributed by atoms with van der Waals surface area (Å²) in [6, 6.07) is 1.36. The quantitative estimate of drug-likeness (QED) is 0.397. The number of hydrogen-bond acceptors (Lipinski definition) is 8. The normalized spacial score (nSPS) is 29.7. The first-order valence-electron chi connectivity index (χ1n) is 5.75. The average Bonchev–Trinajstić information content (AvgIpc) is 2.64. The van der Waals surface area contributed by atoms with Crippen molar-refractivity contribution >= 4 is 25.4 Å². The molecule has 12 heteroatoms. The van der Waals surface area contributed by atoms with Crippen LogP contribution < -0.4 is 11.4 Å². The Kier molecular flexibility index (Phi) is 4.73. The van der Waals surface area contributed by atoms with Crippen LogP contribution in [0.1, 0.15) is 5.37 Å². The van der Waals surface area contributed by atoms with E-state index in [1.54, 1.807) is 0 Å². The molecule has 0 radical (unpaired) electrons. The number of phosphoric ester groups is 1. The van der Waals surface area contributed by atoms with Crippen LogP contribution >= 0.6 is 19.6 Å². The number of aliphatic hydroxyl groups excluding tert-OH is 2. The summed E-state index contributed by atoms with van der Waals surface area (Å²) in [6.07, 6.45) is -1.30. The van der Waals surface area contributed by atoms with Crippen LogP contribution in [0.15, 0.2) is 17.1 Å². The summed E-state index contributed by atoms with van der Waals surface area (Å²) in [5.74, 6) is 0.0238. The number of thioether (sulfide) groups is 1. The Hall–Kier alpha value is -0.940. The fraction of sp³-hybridized carbons (Fsp3) is 0.556. The maximum Gasteiger partial charge on any atom is 0.469 e. The lowest BCUT2D eigenvalue weighted by molar-refractivity contribution is 0.00999. The molecule has 1 aromatic rings. The van der Waals surface area contributed by atoms with E-state index < -0.39 is 43.0 Å². The third kappa shape index (κ3) is 3.83. The average molecular weight is 339 g/mol. The van der Waals surface area contributed by atoms with Gasteiger partial charge >= 0.3 is 13.5 Å². The molecule has 0 amide bonds. The zero-order chi connectivity index (χ0) is 15.8. The molecule has 1 aliphatic rings. The summed E-state index contributed by atoms with van der Waals surface area (Å²) in [7, 11) is -4.68. The van der Waals surface area contributed by atoms with Crippen molar-refractivity contribution in [2.45, 2.75) is 22.8 Å². The van der Waals surface area contributed by atoms with Gasteiger partial charge in [-0.2, -0.15) is 4.98 Å². The monoisotopic (exact) mass is 339 g/mol. The molecule has 10 nitrogen and oxygen atoms in total. The highest BCUT2D eigenvalue weighted by Crippen LogP contribution is 2.44. The highest BCUT2D eigenvalue weighted by molar-refractivity contribution is 8.00. The van der Waals surface area contributed by atoms with E-state index in [9.17, 15) is 19.6 Å². The molecule has 1 aliphatic heterocycles. The fourth-order valence-electron chi connectivity index (χ4n) is 1.89. The minimum absolute atomic E-state index is 0.0238. The molecule has 1 saturated heterocycles. The molecule has 0 saturated carbocycles. The van der Waals surface area contributed by atoms with E-state index >= 15 is 0 Å². The maximum absolute atomic E-state index is 11.7. The number of hydrogen-bond donors (Lipinski definition) is 5. The van der Waals surface area contributed by atoms with Crippen molar-refractivity contribution in [2.75, 3.05) is 12.3 Å². The second kappa shape index (κ2) is 6.05. The van der Waals surface area contributed by atoms with Gasteiger partial charge in [-0.15, -0.1) is 11.8 Å². The SMILES string of the molecule is Nc1ccn([C@@H]2S[C@H](COP(=O)(O)O)[C@@H](O)[C@H]2O)c(=O)n1. The van der Waals surface area contributed by atoms with Gasteiger partial charge in [-0.1, -0.05) is 0 Å². The molecular weight excluding hydrogens is 325 g/mol. The third-order valence-corrected chi connectivity index (χ3v) is 4.90. The summed E-state index contributed by atoms with van der Waals surface area (Å²) in [6.45, 7) is -0.471. The van der Waals surface area contributed by atoms with Crippen molar-refractivity contribution in [2.24, 2.45) is 0 Å². The van der Waals surface area contributed by atoms with E-state index in [0.29, 0.717) is 0 Å². The van der Waals surface area contributed by atoms with E-state index in [-0.39, 0.29) is 5.82 Å². The van der Waals surface area contributed by atoms with Gasteiger partial charge in [-0.25, -0.2) is 9.36 Å². The number of nitrogens with two attached hydrogens (primary N) is 1. The molecule has 2 rings (SSSR count). The smallest absolute Gasteiger partial charge is 0.389 e. The molecule has 21 heavy (non-hydrogen) atoms. The predicted octanol–water partition coefficient (Wildman–Crippen LogP) is -1.73. The lowest BCUT2D eigenvalue weighted by Crippen LogP contribution is -2.36. The van der Waals surface area contributed by atoms with Crippen molar-refractivity contribution in [3.05, 3.63) is 22.7 Å². The summed E-state index contributed by atoms with van der Waals surface area (Å²) < 4.78 is 16.1. The van der Waals surface area contributed by atoms with Crippen LogP contribution in [0.4, 0.5) is 5.82 Å². The molecule has 1 aromatic heterocycles. The topological polar surface area (TPSA) is 168 Å². The summed E-state index contributed by atoms with van der Waals surface area (Å²) in [5, 5.41) is 18.2. The van der Waals surface area contributed by atoms with Crippen LogP contribution in [0.3, 0.4) is 0 Å². The van der Waals surface area contributed by atoms with Crippen molar-refractivity contribution in [1.29, 1.82) is 0 Å². The van der Waals surface area contributed by atoms with Gasteiger partial charge in [-0.05, 0) is 6.07 Å². The van der Waals surface area contributed by atoms with Crippen LogP contribution in [0, 0.1) is 0 Å². The largest absolute Gasteiger partial charge is 0.469 e. The van der Waals surface area contributed by atoms with Crippen LogP contribution in [-0.4, -0.2) is 53.6 Å². The predicted molar refractivity (Wildman–Crippen MR) is 73.3 cm³/mol. The molecule has 0 aliphatic carbocycles. The lowest BCUT2D eigenvalue weighted by Gasteiger charge is -2.17. The Morgan fingerprint density at radius 2 is 2.10 bits per heavy atom. The molecule has 0 spiro atoms. The highest BCUT2D eigenvalue weighted by atomic mass is 32.2. The van der Waals surface area contributed by atoms with Crippen LogP contribution in [0.5, 0.6) is 0 Å². The summed E-state index contributed by atoms with van der Waals surface area (Å²) in [5.41, 5.74) is 4.66. The second-order valence-corrected chi connectivity index (χ2v) is 6.97. The van der Waals surface area contributed by atoms with Gasteiger partial charge < -0.3 is 25.7 Å². The first-order valence-corrected chi connectivity index (χ1v) is 8.23. The Balaban J connectivity index is 2.16. The van der Waals surface area contributed by atoms with Gasteiger partial charge in [0, 0.05) is 6.20 Å². The lowest BCUT2D eigenvalue weighted by atomic mass is 10.1. The van der Waals surface area contributed by atoms with Gasteiger partial charge in [0.1, 0.15) is 17.3 Å². The summed E-state index contributed by atoms with van der Waals surface area (Å²) >= 11 is 0.954. The van der Waals surface area contributed by atoms with Crippen molar-refractivity contribution < 1.29 is 29.1 Å². The van der Waals surface area contributed by atoms with E-state index in [1.165, 1.54) is 12.3 Å². The molecule has 0 bridgehead atoms. The van der Waals surface area contributed by atoms with Gasteiger partial charge in [0.2, 0.25) is 0 Å². The number of rotatable bonds is 4. The van der Waals surface area contributed by atoms with E-state index in [0.717, 1.165) is 16.3 Å². The van der Waals surface area contributed by atoms with Crippen LogP contribution in [0.2, 0.25) is 0 Å². The molecule has 2 heterocycles. The Morgan fingerprint density at radius 3 is 2.67 bits per heavy atom. The first-order chi connectivity index (χ1) is 9.69. The third-order valence-electron chi connectivity index (χ3n) is 2.87. The number of aromatic nitrogens is 2. The van der Waals surface area contributed by atoms with Crippen molar-refractivity contribution in [3.63, 3.8) is 0 Å². The van der Waals surface area contributed by atoms with Crippen molar-refractivity contribution in [3.8, 4) is 0 Å². The fourth-order valence-corrected chi connectivity index (χ4v) is 3.78. The number of aliphatic hydroxyl groups is 2. The van der Waals surface area contributed by atoms with E-state index in [1.807, 2.05) is 0 Å². The van der Waals surface area contributed by atoms with Crippen LogP contribution in [0.25, 0.3) is 0 Å². The minimum atomic E-state index is -4.68. The van der Waals surface area contributed by atoms with E-state index in [2.05, 4.69) is 9.51 Å². The minimum Gasteiger partial charge on any atom is -0.389 e. The van der Waals surface area contributed by atoms with E-state index in [4.69, 9.17) is 15.5 Å². The molecule has 6 N–H and O–H groups in total. The first kappa shape index (κ1) is 16.4. The van der Waals surface area contributed by atoms with Gasteiger partial charge in [0.15, 0.2) is 0 Å². The van der Waals surface area contributed by atoms with Gasteiger partial charge in [0.25, 0.3) is 0 Å². The Morgan fingerprint density at radius 1 is 1.43 bits per heavy atom.